The van der Waals surface area contributed by atoms with Crippen LogP contribution in [0, 0.1) is 11.7 Å². The number of pyridine rings is 1. The van der Waals surface area contributed by atoms with Crippen molar-refractivity contribution in [3.63, 3.8) is 0 Å². The zero-order chi connectivity index (χ0) is 23.3. The average molecular weight is 443 g/mol. The van der Waals surface area contributed by atoms with Crippen molar-refractivity contribution in [2.24, 2.45) is 5.92 Å². The third kappa shape index (κ3) is 5.44. The van der Waals surface area contributed by atoms with Crippen LogP contribution in [0.5, 0.6) is 0 Å². The molecule has 1 N–H and O–H groups in total. The van der Waals surface area contributed by atoms with Crippen molar-refractivity contribution in [1.29, 1.82) is 0 Å². The second-order valence-electron chi connectivity index (χ2n) is 8.68. The van der Waals surface area contributed by atoms with E-state index in [9.17, 15) is 18.8 Å². The molecule has 0 radical (unpaired) electrons. The molecule has 0 saturated heterocycles. The molecule has 2 aromatic rings. The van der Waals surface area contributed by atoms with Gasteiger partial charge in [0.2, 0.25) is 0 Å². The minimum absolute atomic E-state index is 0.0148. The molecule has 0 saturated carbocycles. The van der Waals surface area contributed by atoms with Crippen LogP contribution in [0.4, 0.5) is 4.39 Å². The molecular weight excluding hydrogens is 411 g/mol. The molecule has 1 amide bonds. The van der Waals surface area contributed by atoms with E-state index in [1.807, 2.05) is 0 Å². The lowest BCUT2D eigenvalue weighted by molar-refractivity contribution is -0.144. The molecule has 0 fully saturated rings. The van der Waals surface area contributed by atoms with E-state index in [1.54, 1.807) is 36.6 Å². The Labute approximate surface area is 187 Å². The number of carbonyl (C=O) groups is 2. The van der Waals surface area contributed by atoms with Crippen molar-refractivity contribution < 1.29 is 18.7 Å². The summed E-state index contributed by atoms with van der Waals surface area (Å²) in [5.41, 5.74) is 2.31. The minimum Gasteiger partial charge on any atom is -0.467 e. The molecular formula is C25H31FN2O4. The maximum absolute atomic E-state index is 13.5. The highest BCUT2D eigenvalue weighted by Crippen LogP contribution is 2.21. The number of ether oxygens (including phenoxy) is 1. The maximum atomic E-state index is 13.5. The van der Waals surface area contributed by atoms with E-state index < -0.39 is 23.5 Å². The third-order valence-corrected chi connectivity index (χ3v) is 6.01. The summed E-state index contributed by atoms with van der Waals surface area (Å²) in [6.45, 7) is 3.86. The second-order valence-corrected chi connectivity index (χ2v) is 8.68. The molecule has 3 rings (SSSR count). The number of amides is 1. The van der Waals surface area contributed by atoms with E-state index in [2.05, 4.69) is 5.32 Å². The Morgan fingerprint density at radius 3 is 2.38 bits per heavy atom. The predicted molar refractivity (Wildman–Crippen MR) is 120 cm³/mol. The number of aryl methyl sites for hydroxylation is 1. The average Bonchev–Trinajstić information content (AvgIpc) is 2.75. The van der Waals surface area contributed by atoms with Gasteiger partial charge in [-0.25, -0.2) is 9.18 Å². The number of aromatic nitrogens is 1. The number of nitrogens with zero attached hydrogens (tertiary/aromatic N) is 1. The van der Waals surface area contributed by atoms with Crippen molar-refractivity contribution >= 4 is 11.9 Å². The summed E-state index contributed by atoms with van der Waals surface area (Å²) in [5, 5.41) is 2.68. The van der Waals surface area contributed by atoms with Crippen molar-refractivity contribution in [2.45, 2.75) is 65.0 Å². The van der Waals surface area contributed by atoms with Gasteiger partial charge in [-0.2, -0.15) is 0 Å². The van der Waals surface area contributed by atoms with Crippen molar-refractivity contribution in [3.8, 4) is 0 Å². The van der Waals surface area contributed by atoms with Gasteiger partial charge in [0.15, 0.2) is 0 Å². The molecule has 1 aliphatic rings. The molecule has 6 nitrogen and oxygen atoms in total. The quantitative estimate of drug-likeness (QED) is 0.693. The summed E-state index contributed by atoms with van der Waals surface area (Å²) in [4.78, 5) is 38.7. The number of hydrogen-bond acceptors (Lipinski definition) is 4. The Balaban J connectivity index is 2.05. The van der Waals surface area contributed by atoms with Gasteiger partial charge in [-0.15, -0.1) is 0 Å². The monoisotopic (exact) mass is 442 g/mol. The topological polar surface area (TPSA) is 77.4 Å². The summed E-state index contributed by atoms with van der Waals surface area (Å²) < 4.78 is 19.8. The molecule has 1 aromatic heterocycles. The Kier molecular flexibility index (Phi) is 7.83. The summed E-state index contributed by atoms with van der Waals surface area (Å²) in [6.07, 6.45) is 5.70. The Bertz CT molecular complexity index is 1030. The standard InChI is InChI=1S/C25H31FN2O4/c1-16(2)22(25(31)32-3)27-23(29)20-14-18-8-6-4-5-7-9-21(18)28(24(20)30)15-17-10-12-19(26)13-11-17/h10-14,16,22H,4-9,15H2,1-3H3,(H,27,29). The number of methoxy groups -OCH3 is 1. The molecule has 7 heteroatoms. The van der Waals surface area contributed by atoms with Gasteiger partial charge < -0.3 is 14.6 Å². The highest BCUT2D eigenvalue weighted by molar-refractivity contribution is 5.96. The number of hydrogen-bond donors (Lipinski definition) is 1. The van der Waals surface area contributed by atoms with Crippen LogP contribution < -0.4 is 10.9 Å². The van der Waals surface area contributed by atoms with Crippen LogP contribution >= 0.6 is 0 Å². The number of halogens is 1. The minimum atomic E-state index is -0.848. The van der Waals surface area contributed by atoms with Crippen molar-refractivity contribution in [3.05, 3.63) is 68.9 Å². The van der Waals surface area contributed by atoms with Crippen LogP contribution in [0.2, 0.25) is 0 Å². The molecule has 32 heavy (non-hydrogen) atoms. The van der Waals surface area contributed by atoms with E-state index in [0.29, 0.717) is 0 Å². The summed E-state index contributed by atoms with van der Waals surface area (Å²) in [6, 6.07) is 6.87. The first-order valence-corrected chi connectivity index (χ1v) is 11.2. The molecule has 1 atom stereocenters. The van der Waals surface area contributed by atoms with Crippen LogP contribution in [0.3, 0.4) is 0 Å². The normalized spacial score (nSPS) is 14.8. The Hall–Kier alpha value is -2.96. The number of carbonyl (C=O) groups excluding carboxylic acids is 2. The third-order valence-electron chi connectivity index (χ3n) is 6.01. The van der Waals surface area contributed by atoms with Gasteiger partial charge in [-0.3, -0.25) is 9.59 Å². The van der Waals surface area contributed by atoms with Gasteiger partial charge in [0.1, 0.15) is 17.4 Å². The van der Waals surface area contributed by atoms with E-state index in [-0.39, 0.29) is 23.8 Å². The summed E-state index contributed by atoms with van der Waals surface area (Å²) in [7, 11) is 1.27. The molecule has 1 aromatic carbocycles. The van der Waals surface area contributed by atoms with E-state index in [4.69, 9.17) is 4.74 Å². The first-order valence-electron chi connectivity index (χ1n) is 11.2. The maximum Gasteiger partial charge on any atom is 0.328 e. The molecule has 0 bridgehead atoms. The van der Waals surface area contributed by atoms with E-state index >= 15 is 0 Å². The van der Waals surface area contributed by atoms with Gasteiger partial charge in [-0.05, 0) is 60.9 Å². The highest BCUT2D eigenvalue weighted by Gasteiger charge is 2.28. The van der Waals surface area contributed by atoms with Gasteiger partial charge in [0.05, 0.1) is 13.7 Å². The molecule has 0 aliphatic heterocycles. The fourth-order valence-corrected chi connectivity index (χ4v) is 4.18. The number of benzene rings is 1. The summed E-state index contributed by atoms with van der Waals surface area (Å²) in [5.74, 6) is -1.67. The predicted octanol–water partition coefficient (Wildman–Crippen LogP) is 3.62. The van der Waals surface area contributed by atoms with Gasteiger partial charge in [-0.1, -0.05) is 38.8 Å². The van der Waals surface area contributed by atoms with Gasteiger partial charge >= 0.3 is 5.97 Å². The Morgan fingerprint density at radius 2 is 1.75 bits per heavy atom. The second kappa shape index (κ2) is 10.6. The first kappa shape index (κ1) is 23.7. The lowest BCUT2D eigenvalue weighted by Gasteiger charge is -2.23. The smallest absolute Gasteiger partial charge is 0.328 e. The van der Waals surface area contributed by atoms with Crippen molar-refractivity contribution in [2.75, 3.05) is 7.11 Å². The van der Waals surface area contributed by atoms with Gasteiger partial charge in [0, 0.05) is 5.69 Å². The summed E-state index contributed by atoms with van der Waals surface area (Å²) >= 11 is 0. The van der Waals surface area contributed by atoms with Crippen LogP contribution in [-0.2, 0) is 28.9 Å². The highest BCUT2D eigenvalue weighted by atomic mass is 19.1. The number of nitrogens with one attached hydrogen (secondary N) is 1. The molecule has 1 unspecified atom stereocenters. The van der Waals surface area contributed by atoms with Crippen LogP contribution in [0.1, 0.15) is 66.7 Å². The zero-order valence-corrected chi connectivity index (χ0v) is 18.9. The number of esters is 1. The molecule has 0 spiro atoms. The number of rotatable bonds is 6. The van der Waals surface area contributed by atoms with Crippen LogP contribution in [0.15, 0.2) is 35.1 Å². The van der Waals surface area contributed by atoms with E-state index in [1.165, 1.54) is 19.2 Å². The SMILES string of the molecule is COC(=O)C(NC(=O)c1cc2c(n(Cc3ccc(F)cc3)c1=O)CCCCCC2)C(C)C. The van der Waals surface area contributed by atoms with Crippen molar-refractivity contribution in [1.82, 2.24) is 9.88 Å². The van der Waals surface area contributed by atoms with Gasteiger partial charge in [0.25, 0.3) is 11.5 Å². The number of fused-ring (bicyclic) bond motifs is 1. The lowest BCUT2D eigenvalue weighted by Crippen LogP contribution is -2.47. The lowest BCUT2D eigenvalue weighted by atomic mass is 9.95. The van der Waals surface area contributed by atoms with E-state index in [0.717, 1.165) is 55.3 Å². The fourth-order valence-electron chi connectivity index (χ4n) is 4.18. The Morgan fingerprint density at radius 1 is 1.09 bits per heavy atom. The molecule has 1 heterocycles. The first-order chi connectivity index (χ1) is 15.3. The molecule has 1 aliphatic carbocycles. The fraction of sp³-hybridized carbons (Fsp3) is 0.480. The molecule has 172 valence electrons. The zero-order valence-electron chi connectivity index (χ0n) is 18.9. The van der Waals surface area contributed by atoms with Crippen LogP contribution in [0.25, 0.3) is 0 Å². The van der Waals surface area contributed by atoms with Crippen LogP contribution in [-0.4, -0.2) is 29.6 Å². The largest absolute Gasteiger partial charge is 0.467 e.